The Morgan fingerprint density at radius 2 is 0.333 bits per heavy atom. The summed E-state index contributed by atoms with van der Waals surface area (Å²) in [5.41, 5.74) is 21.7. The van der Waals surface area contributed by atoms with E-state index in [-0.39, 0.29) is 52.1 Å². The Bertz CT molecular complexity index is 2010. The molecule has 0 unspecified atom stereocenters. The number of hydrogen-bond donors (Lipinski definition) is 0. The zero-order valence-electron chi connectivity index (χ0n) is 51.0. The molecule has 7 heteroatoms. The quantitative estimate of drug-likeness (QED) is 0.110. The normalized spacial score (nSPS) is 10.5. The monoisotopic (exact) mass is 1130 g/mol. The maximum absolute atomic E-state index is 3.86. The third-order valence-corrected chi connectivity index (χ3v) is 12.2. The zero-order valence-corrected chi connectivity index (χ0v) is 54.8. The minimum atomic E-state index is 0. The van der Waals surface area contributed by atoms with Gasteiger partial charge in [-0.25, -0.2) is 0 Å². The summed E-state index contributed by atoms with van der Waals surface area (Å²) >= 11 is 0. The fraction of sp³-hybridized carbons (Fsp3) is 0.471. The van der Waals surface area contributed by atoms with E-state index in [1.54, 1.807) is 56.4 Å². The van der Waals surface area contributed by atoms with Gasteiger partial charge < -0.3 is 21.3 Å². The molecule has 0 amide bonds. The summed E-state index contributed by atoms with van der Waals surface area (Å²) in [7, 11) is 14.0. The molecule has 0 N–H and O–H groups in total. The van der Waals surface area contributed by atoms with E-state index in [2.05, 4.69) is 253 Å². The van der Waals surface area contributed by atoms with E-state index in [9.17, 15) is 0 Å². The van der Waals surface area contributed by atoms with Gasteiger partial charge in [0.25, 0.3) is 0 Å². The molecule has 408 valence electrons. The summed E-state index contributed by atoms with van der Waals surface area (Å²) in [6, 6.07) is 48.2. The van der Waals surface area contributed by atoms with Crippen LogP contribution >= 0.6 is 0 Å². The Kier molecular flexibility index (Phi) is 40.5. The smallest absolute Gasteiger partial charge is 0.668 e. The van der Waals surface area contributed by atoms with Crippen LogP contribution in [-0.2, 0) is 52.1 Å². The predicted molar refractivity (Wildman–Crippen MR) is 326 cm³/mol. The second-order valence-corrected chi connectivity index (χ2v) is 21.2. The Balaban J connectivity index is -0.00000110. The molecule has 0 atom stereocenters. The molecule has 0 aliphatic carbocycles. The molecule has 0 saturated heterocycles. The first-order valence-electron chi connectivity index (χ1n) is 26.6. The first kappa shape index (κ1) is 76.0. The molecule has 0 heterocycles. The van der Waals surface area contributed by atoms with Crippen LogP contribution in [0.15, 0.2) is 109 Å². The molecular weight excluding hydrogens is 1030 g/mol. The number of rotatable bonds is 12. The Morgan fingerprint density at radius 1 is 0.227 bits per heavy atom. The molecule has 0 bridgehead atoms. The van der Waals surface area contributed by atoms with Crippen molar-refractivity contribution in [2.45, 2.75) is 158 Å². The first-order valence-corrected chi connectivity index (χ1v) is 26.6. The van der Waals surface area contributed by atoms with Crippen LogP contribution in [0.2, 0.25) is 0 Å². The second-order valence-electron chi connectivity index (χ2n) is 21.2. The van der Waals surface area contributed by atoms with Crippen LogP contribution in [-0.4, -0.2) is 56.4 Å². The molecule has 6 rings (SSSR count). The molecule has 0 aliphatic rings. The topological polar surface area (TPSA) is 56.4 Å². The van der Waals surface area contributed by atoms with Gasteiger partial charge in [-0.2, -0.15) is 56.4 Å². The van der Waals surface area contributed by atoms with Crippen molar-refractivity contribution >= 4 is 0 Å². The van der Waals surface area contributed by atoms with Crippen LogP contribution < -0.4 is 0 Å². The van der Waals surface area contributed by atoms with Gasteiger partial charge in [0.1, 0.15) is 0 Å². The molecule has 75 heavy (non-hydrogen) atoms. The SMILES string of the molecule is CC(C)c1cccc(C(C)C)c1-c1[c-]c(-c2c(C(C)C)cccc2C(C)C)ccc1.CC(C)c1cccc(C(C)C)c1-c1[c-]c(-c2c(C(C)C)cccc2C(C)C)ccc1.C[N-]C.C[N-]C.C[N-]C.C[N-]C.[Cr+2].[Cr+2].[Cr+2]. The Morgan fingerprint density at radius 3 is 0.440 bits per heavy atom. The van der Waals surface area contributed by atoms with E-state index < -0.39 is 0 Å². The molecule has 0 aromatic heterocycles. The summed E-state index contributed by atoms with van der Waals surface area (Å²) in [6.45, 7) is 36.6. The van der Waals surface area contributed by atoms with Gasteiger partial charge in [-0.3, -0.25) is 0 Å². The molecule has 0 aliphatic heterocycles. The molecular formula is C68H98Cr3N4. The standard InChI is InChI=1S/2C30H37.4C2H6N.3Cr/c2*1-19(2)25-14-10-15-26(20(3)4)29(25)23-12-9-13-24(18-23)30-27(21(5)6)16-11-17-28(30)22(7)8;4*1-3-2;;;/h2*9-17,19-22H,1-8H3;4*1-2H3;;;/q6*-1;3*+2. The van der Waals surface area contributed by atoms with Gasteiger partial charge in [-0.1, -0.05) is 250 Å². The maximum atomic E-state index is 3.86. The van der Waals surface area contributed by atoms with Crippen LogP contribution in [0.3, 0.4) is 0 Å². The number of hydrogen-bond acceptors (Lipinski definition) is 0. The third kappa shape index (κ3) is 22.9. The first-order chi connectivity index (χ1) is 34.1. The van der Waals surface area contributed by atoms with Crippen LogP contribution in [0.5, 0.6) is 0 Å². The Labute approximate surface area is 494 Å². The summed E-state index contributed by atoms with van der Waals surface area (Å²) in [6.07, 6.45) is 0. The van der Waals surface area contributed by atoms with Gasteiger partial charge in [0.05, 0.1) is 0 Å². The minimum Gasteiger partial charge on any atom is -0.668 e. The summed E-state index contributed by atoms with van der Waals surface area (Å²) in [5.74, 6) is 3.81. The van der Waals surface area contributed by atoms with E-state index in [0.717, 1.165) is 0 Å². The van der Waals surface area contributed by atoms with Crippen molar-refractivity contribution in [3.05, 3.63) is 187 Å². The van der Waals surface area contributed by atoms with Crippen LogP contribution in [0.25, 0.3) is 65.8 Å². The number of nitrogens with zero attached hydrogens (tertiary/aromatic N) is 4. The van der Waals surface area contributed by atoms with E-state index in [1.807, 2.05) is 0 Å². The Hall–Kier alpha value is -3.24. The van der Waals surface area contributed by atoms with Gasteiger partial charge in [0, 0.05) is 0 Å². The maximum Gasteiger partial charge on any atom is 2.00 e. The second kappa shape index (κ2) is 40.0. The number of benzene rings is 6. The minimum absolute atomic E-state index is 0. The molecule has 0 saturated carbocycles. The summed E-state index contributed by atoms with van der Waals surface area (Å²) < 4.78 is 0. The molecule has 0 radical (unpaired) electrons. The summed E-state index contributed by atoms with van der Waals surface area (Å²) in [4.78, 5) is 0. The molecule has 6 aromatic rings. The van der Waals surface area contributed by atoms with Crippen molar-refractivity contribution in [2.75, 3.05) is 56.4 Å². The fourth-order valence-electron chi connectivity index (χ4n) is 8.97. The third-order valence-electron chi connectivity index (χ3n) is 12.2. The molecule has 6 aromatic carbocycles. The van der Waals surface area contributed by atoms with Crippen molar-refractivity contribution in [1.29, 1.82) is 0 Å². The van der Waals surface area contributed by atoms with Crippen molar-refractivity contribution in [3.63, 3.8) is 0 Å². The average Bonchev–Trinajstić information content (AvgIpc) is 3.34. The zero-order chi connectivity index (χ0) is 54.8. The fourth-order valence-corrected chi connectivity index (χ4v) is 8.97. The van der Waals surface area contributed by atoms with Gasteiger partial charge in [-0.05, 0) is 47.3 Å². The van der Waals surface area contributed by atoms with Crippen LogP contribution in [0.1, 0.15) is 203 Å². The van der Waals surface area contributed by atoms with Gasteiger partial charge in [-0.15, -0.1) is 70.8 Å². The molecule has 0 fully saturated rings. The van der Waals surface area contributed by atoms with Gasteiger partial charge >= 0.3 is 52.1 Å². The van der Waals surface area contributed by atoms with E-state index in [0.29, 0.717) is 47.3 Å². The van der Waals surface area contributed by atoms with E-state index in [1.165, 1.54) is 89.0 Å². The predicted octanol–water partition coefficient (Wildman–Crippen LogP) is 21.1. The summed E-state index contributed by atoms with van der Waals surface area (Å²) in [5, 5.41) is 14.0. The molecule has 4 nitrogen and oxygen atoms in total. The van der Waals surface area contributed by atoms with Gasteiger partial charge in [0.15, 0.2) is 0 Å². The van der Waals surface area contributed by atoms with E-state index >= 15 is 0 Å². The van der Waals surface area contributed by atoms with Gasteiger partial charge in [0.2, 0.25) is 0 Å². The van der Waals surface area contributed by atoms with Crippen molar-refractivity contribution in [3.8, 4) is 44.5 Å². The largest absolute Gasteiger partial charge is 2.00 e. The van der Waals surface area contributed by atoms with Crippen molar-refractivity contribution in [2.24, 2.45) is 0 Å². The van der Waals surface area contributed by atoms with Crippen LogP contribution in [0.4, 0.5) is 0 Å². The van der Waals surface area contributed by atoms with Crippen LogP contribution in [0, 0.1) is 12.1 Å². The van der Waals surface area contributed by atoms with Crippen molar-refractivity contribution < 1.29 is 52.1 Å². The van der Waals surface area contributed by atoms with E-state index in [4.69, 9.17) is 0 Å². The molecule has 0 spiro atoms. The van der Waals surface area contributed by atoms with Crippen molar-refractivity contribution in [1.82, 2.24) is 0 Å². The average molecular weight is 1130 g/mol.